The molecule has 0 spiro atoms. The van der Waals surface area contributed by atoms with Gasteiger partial charge in [-0.25, -0.2) is 4.98 Å². The Balaban J connectivity index is 1.76. The van der Waals surface area contributed by atoms with Crippen LogP contribution in [0.4, 0.5) is 0 Å². The van der Waals surface area contributed by atoms with Gasteiger partial charge in [-0.05, 0) is 38.1 Å². The molecule has 2 aliphatic rings. The van der Waals surface area contributed by atoms with Crippen molar-refractivity contribution in [1.29, 1.82) is 0 Å². The number of imidazole rings is 1. The molecule has 0 bridgehead atoms. The summed E-state index contributed by atoms with van der Waals surface area (Å²) in [4.78, 5) is 34.6. The topological polar surface area (TPSA) is 70.5 Å². The lowest BCUT2D eigenvalue weighted by Gasteiger charge is -2.34. The predicted octanol–water partition coefficient (Wildman–Crippen LogP) is 1.77. The van der Waals surface area contributed by atoms with E-state index in [4.69, 9.17) is 0 Å². The van der Waals surface area contributed by atoms with Gasteiger partial charge in [0.15, 0.2) is 5.82 Å². The third-order valence-corrected chi connectivity index (χ3v) is 5.64. The fraction of sp³-hybridized carbons (Fsp3) is 0.750. The van der Waals surface area contributed by atoms with Gasteiger partial charge in [0.05, 0.1) is 5.69 Å². The molecular formula is C20H33N5O2. The lowest BCUT2D eigenvalue weighted by molar-refractivity contribution is 0.0625. The molecule has 0 saturated carbocycles. The number of piperazine rings is 1. The van der Waals surface area contributed by atoms with E-state index in [0.717, 1.165) is 70.6 Å². The number of nitrogens with one attached hydrogen (secondary N) is 1. The molecule has 150 valence electrons. The smallest absolute Gasteiger partial charge is 0.289 e. The quantitative estimate of drug-likeness (QED) is 0.823. The highest BCUT2D eigenvalue weighted by molar-refractivity contribution is 5.97. The summed E-state index contributed by atoms with van der Waals surface area (Å²) < 4.78 is 2.00. The minimum atomic E-state index is -0.142. The Hall–Kier alpha value is -1.89. The van der Waals surface area contributed by atoms with Crippen molar-refractivity contribution < 1.29 is 9.59 Å². The Bertz CT molecular complexity index is 674. The fourth-order valence-corrected chi connectivity index (χ4v) is 3.85. The van der Waals surface area contributed by atoms with E-state index in [1.807, 2.05) is 9.47 Å². The average Bonchev–Trinajstić information content (AvgIpc) is 3.07. The van der Waals surface area contributed by atoms with Crippen molar-refractivity contribution in [2.24, 2.45) is 5.92 Å². The van der Waals surface area contributed by atoms with Gasteiger partial charge in [0.25, 0.3) is 11.8 Å². The van der Waals surface area contributed by atoms with Crippen LogP contribution in [-0.4, -0.2) is 70.4 Å². The molecule has 7 nitrogen and oxygen atoms in total. The molecule has 0 atom stereocenters. The number of amides is 2. The third kappa shape index (κ3) is 4.51. The molecule has 27 heavy (non-hydrogen) atoms. The van der Waals surface area contributed by atoms with Crippen LogP contribution in [-0.2, 0) is 13.0 Å². The number of fused-ring (bicyclic) bond motifs is 1. The van der Waals surface area contributed by atoms with Gasteiger partial charge in [-0.1, -0.05) is 20.8 Å². The van der Waals surface area contributed by atoms with Gasteiger partial charge >= 0.3 is 0 Å². The maximum atomic E-state index is 13.1. The molecule has 0 aromatic carbocycles. The second-order valence-electron chi connectivity index (χ2n) is 8.00. The van der Waals surface area contributed by atoms with E-state index < -0.39 is 0 Å². The first-order valence-corrected chi connectivity index (χ1v) is 10.4. The zero-order valence-corrected chi connectivity index (χ0v) is 17.0. The Kier molecular flexibility index (Phi) is 6.52. The Morgan fingerprint density at radius 3 is 2.52 bits per heavy atom. The Morgan fingerprint density at radius 2 is 1.85 bits per heavy atom. The highest BCUT2D eigenvalue weighted by Gasteiger charge is 2.30. The number of carbonyl (C=O) groups is 2. The van der Waals surface area contributed by atoms with Crippen LogP contribution in [0, 0.1) is 5.92 Å². The van der Waals surface area contributed by atoms with Crippen LogP contribution >= 0.6 is 0 Å². The summed E-state index contributed by atoms with van der Waals surface area (Å²) in [5.41, 5.74) is 1.38. The van der Waals surface area contributed by atoms with Crippen molar-refractivity contribution in [3.63, 3.8) is 0 Å². The van der Waals surface area contributed by atoms with Crippen LogP contribution in [0.5, 0.6) is 0 Å². The van der Waals surface area contributed by atoms with E-state index in [0.29, 0.717) is 24.0 Å². The number of hydrogen-bond acceptors (Lipinski definition) is 4. The molecule has 2 amide bonds. The molecule has 3 rings (SSSR count). The van der Waals surface area contributed by atoms with Crippen LogP contribution in [0.15, 0.2) is 0 Å². The second-order valence-corrected chi connectivity index (χ2v) is 8.00. The molecule has 1 fully saturated rings. The molecule has 0 radical (unpaired) electrons. The van der Waals surface area contributed by atoms with Gasteiger partial charge in [-0.2, -0.15) is 0 Å². The van der Waals surface area contributed by atoms with Crippen molar-refractivity contribution in [2.75, 3.05) is 39.3 Å². The van der Waals surface area contributed by atoms with Crippen molar-refractivity contribution in [2.45, 2.75) is 53.0 Å². The van der Waals surface area contributed by atoms with Crippen LogP contribution < -0.4 is 5.32 Å². The first-order valence-electron chi connectivity index (χ1n) is 10.4. The van der Waals surface area contributed by atoms with Crippen molar-refractivity contribution in [3.8, 4) is 0 Å². The standard InChI is InChI=1S/C20H33N5O2/c1-4-23-11-13-24(14-12-23)20(27)18-22-17(16-7-5-6-10-25(16)18)19(26)21-9-8-15(2)3/h15H,4-14H2,1-3H3,(H,21,26). The van der Waals surface area contributed by atoms with Crippen LogP contribution in [0.1, 0.15) is 66.8 Å². The van der Waals surface area contributed by atoms with Crippen molar-refractivity contribution in [3.05, 3.63) is 17.2 Å². The summed E-state index contributed by atoms with van der Waals surface area (Å²) in [6.07, 6.45) is 3.83. The molecule has 0 aliphatic carbocycles. The second kappa shape index (κ2) is 8.87. The minimum Gasteiger partial charge on any atom is -0.351 e. The molecule has 1 aromatic rings. The highest BCUT2D eigenvalue weighted by Crippen LogP contribution is 2.22. The molecule has 2 aliphatic heterocycles. The van der Waals surface area contributed by atoms with Crippen LogP contribution in [0.3, 0.4) is 0 Å². The third-order valence-electron chi connectivity index (χ3n) is 5.64. The number of rotatable bonds is 6. The maximum Gasteiger partial charge on any atom is 0.289 e. The lowest BCUT2D eigenvalue weighted by atomic mass is 10.1. The van der Waals surface area contributed by atoms with E-state index in [9.17, 15) is 9.59 Å². The van der Waals surface area contributed by atoms with E-state index in [2.05, 4.69) is 36.0 Å². The monoisotopic (exact) mass is 375 g/mol. The molecule has 0 unspecified atom stereocenters. The summed E-state index contributed by atoms with van der Waals surface area (Å²) in [6.45, 7) is 12.1. The lowest BCUT2D eigenvalue weighted by Crippen LogP contribution is -2.49. The molecule has 7 heteroatoms. The number of carbonyl (C=O) groups excluding carboxylic acids is 2. The van der Waals surface area contributed by atoms with Gasteiger partial charge in [0.2, 0.25) is 0 Å². The summed E-state index contributed by atoms with van der Waals surface area (Å²) in [5, 5.41) is 2.98. The highest BCUT2D eigenvalue weighted by atomic mass is 16.2. The van der Waals surface area contributed by atoms with Gasteiger partial charge in [0, 0.05) is 39.3 Å². The number of hydrogen-bond donors (Lipinski definition) is 1. The van der Waals surface area contributed by atoms with Gasteiger partial charge in [0.1, 0.15) is 5.69 Å². The van der Waals surface area contributed by atoms with E-state index in [1.54, 1.807) is 0 Å². The SMILES string of the molecule is CCN1CCN(C(=O)c2nc(C(=O)NCCC(C)C)c3n2CCCC3)CC1. The van der Waals surface area contributed by atoms with Gasteiger partial charge in [-0.15, -0.1) is 0 Å². The zero-order valence-electron chi connectivity index (χ0n) is 17.0. The molecule has 1 saturated heterocycles. The van der Waals surface area contributed by atoms with Crippen molar-refractivity contribution in [1.82, 2.24) is 24.7 Å². The van der Waals surface area contributed by atoms with Crippen LogP contribution in [0.25, 0.3) is 0 Å². The average molecular weight is 376 g/mol. The molecule has 1 aromatic heterocycles. The van der Waals surface area contributed by atoms with Crippen LogP contribution in [0.2, 0.25) is 0 Å². The van der Waals surface area contributed by atoms with Gasteiger partial charge < -0.3 is 19.7 Å². The first-order chi connectivity index (χ1) is 13.0. The molecular weight excluding hydrogens is 342 g/mol. The largest absolute Gasteiger partial charge is 0.351 e. The number of likely N-dealkylation sites (N-methyl/N-ethyl adjacent to an activating group) is 1. The van der Waals surface area contributed by atoms with E-state index >= 15 is 0 Å². The summed E-state index contributed by atoms with van der Waals surface area (Å²) in [7, 11) is 0. The Morgan fingerprint density at radius 1 is 1.11 bits per heavy atom. The molecule has 3 heterocycles. The first kappa shape index (κ1) is 19.9. The summed E-state index contributed by atoms with van der Waals surface area (Å²) in [5.74, 6) is 0.815. The number of nitrogens with zero attached hydrogens (tertiary/aromatic N) is 4. The zero-order chi connectivity index (χ0) is 19.4. The Labute approximate surface area is 162 Å². The maximum absolute atomic E-state index is 13.1. The van der Waals surface area contributed by atoms with E-state index in [1.165, 1.54) is 0 Å². The fourth-order valence-electron chi connectivity index (χ4n) is 3.85. The predicted molar refractivity (Wildman–Crippen MR) is 105 cm³/mol. The minimum absolute atomic E-state index is 0.0323. The van der Waals surface area contributed by atoms with Crippen molar-refractivity contribution >= 4 is 11.8 Å². The summed E-state index contributed by atoms with van der Waals surface area (Å²) in [6, 6.07) is 0. The van der Waals surface area contributed by atoms with E-state index in [-0.39, 0.29) is 11.8 Å². The number of aromatic nitrogens is 2. The summed E-state index contributed by atoms with van der Waals surface area (Å²) >= 11 is 0. The van der Waals surface area contributed by atoms with Gasteiger partial charge in [-0.3, -0.25) is 9.59 Å². The molecule has 1 N–H and O–H groups in total. The normalized spacial score (nSPS) is 17.9.